The number of rotatable bonds is 5. The fraction of sp³-hybridized carbons (Fsp3) is 0.355. The summed E-state index contributed by atoms with van der Waals surface area (Å²) in [6, 6.07) is 18.4. The van der Waals surface area contributed by atoms with Crippen LogP contribution in [0.4, 0.5) is 4.39 Å². The van der Waals surface area contributed by atoms with Gasteiger partial charge in [-0.15, -0.1) is 0 Å². The van der Waals surface area contributed by atoms with E-state index in [0.29, 0.717) is 17.7 Å². The average molecular weight is 425 g/mol. The predicted octanol–water partition coefficient (Wildman–Crippen LogP) is 8.57. The van der Waals surface area contributed by atoms with Crippen molar-refractivity contribution in [3.63, 3.8) is 0 Å². The van der Waals surface area contributed by atoms with Gasteiger partial charge in [-0.2, -0.15) is 0 Å². The van der Waals surface area contributed by atoms with Crippen molar-refractivity contribution in [2.45, 2.75) is 64.7 Å². The number of benzene rings is 3. The summed E-state index contributed by atoms with van der Waals surface area (Å²) >= 11 is 0. The van der Waals surface area contributed by atoms with Crippen molar-refractivity contribution in [3.8, 4) is 11.8 Å². The number of hydrogen-bond donors (Lipinski definition) is 0. The van der Waals surface area contributed by atoms with Gasteiger partial charge in [-0.1, -0.05) is 61.2 Å². The lowest BCUT2D eigenvalue weighted by atomic mass is 9.77. The first-order valence-electron chi connectivity index (χ1n) is 12.1. The van der Waals surface area contributed by atoms with Gasteiger partial charge in [-0.3, -0.25) is 0 Å². The summed E-state index contributed by atoms with van der Waals surface area (Å²) in [6.45, 7) is 4.09. The highest BCUT2D eigenvalue weighted by Gasteiger charge is 2.21. The minimum atomic E-state index is -0.105. The zero-order valence-corrected chi connectivity index (χ0v) is 19.3. The van der Waals surface area contributed by atoms with Crippen molar-refractivity contribution in [3.05, 3.63) is 94.8 Å². The minimum Gasteiger partial charge on any atom is -0.206 e. The number of fused-ring (bicyclic) bond motifs is 1. The maximum atomic E-state index is 14.5. The van der Waals surface area contributed by atoms with Crippen LogP contribution in [0.5, 0.6) is 0 Å². The van der Waals surface area contributed by atoms with Gasteiger partial charge in [0.15, 0.2) is 0 Å². The molecule has 0 radical (unpaired) electrons. The highest BCUT2D eigenvalue weighted by molar-refractivity contribution is 5.85. The summed E-state index contributed by atoms with van der Waals surface area (Å²) in [4.78, 5) is 0. The van der Waals surface area contributed by atoms with E-state index in [-0.39, 0.29) is 5.82 Å². The van der Waals surface area contributed by atoms with E-state index in [9.17, 15) is 4.39 Å². The zero-order chi connectivity index (χ0) is 22.3. The molecule has 164 valence electrons. The number of hydrogen-bond acceptors (Lipinski definition) is 0. The van der Waals surface area contributed by atoms with Crippen molar-refractivity contribution in [2.24, 2.45) is 5.92 Å². The Balaban J connectivity index is 1.40. The molecule has 0 unspecified atom stereocenters. The van der Waals surface area contributed by atoms with Crippen LogP contribution in [0.25, 0.3) is 10.8 Å². The van der Waals surface area contributed by atoms with Crippen molar-refractivity contribution in [1.82, 2.24) is 0 Å². The summed E-state index contributed by atoms with van der Waals surface area (Å²) in [5, 5.41) is 1.58. The zero-order valence-electron chi connectivity index (χ0n) is 19.3. The van der Waals surface area contributed by atoms with Crippen molar-refractivity contribution < 1.29 is 4.39 Å². The Morgan fingerprint density at radius 3 is 2.34 bits per heavy atom. The summed E-state index contributed by atoms with van der Waals surface area (Å²) in [7, 11) is 0. The molecule has 0 N–H and O–H groups in total. The van der Waals surface area contributed by atoms with Gasteiger partial charge in [-0.25, -0.2) is 4.39 Å². The summed E-state index contributed by atoms with van der Waals surface area (Å²) in [5.74, 6) is 8.02. The van der Waals surface area contributed by atoms with Crippen LogP contribution in [-0.2, 0) is 6.42 Å². The van der Waals surface area contributed by atoms with Gasteiger partial charge in [0.1, 0.15) is 5.82 Å². The molecule has 0 bridgehead atoms. The van der Waals surface area contributed by atoms with Crippen molar-refractivity contribution >= 4 is 10.8 Å². The van der Waals surface area contributed by atoms with E-state index < -0.39 is 0 Å². The van der Waals surface area contributed by atoms with Crippen LogP contribution in [-0.4, -0.2) is 0 Å². The van der Waals surface area contributed by atoms with Crippen LogP contribution in [0.2, 0.25) is 0 Å². The third kappa shape index (κ3) is 5.31. The number of aryl methyl sites for hydroxylation is 1. The van der Waals surface area contributed by atoms with Crippen LogP contribution in [0, 0.1) is 23.6 Å². The van der Waals surface area contributed by atoms with E-state index in [1.807, 2.05) is 37.3 Å². The van der Waals surface area contributed by atoms with E-state index >= 15 is 0 Å². The lowest BCUT2D eigenvalue weighted by Gasteiger charge is -2.28. The van der Waals surface area contributed by atoms with E-state index in [0.717, 1.165) is 28.0 Å². The van der Waals surface area contributed by atoms with Crippen LogP contribution >= 0.6 is 0 Å². The molecule has 1 heteroatoms. The molecule has 0 saturated heterocycles. The molecule has 3 aromatic carbocycles. The Hall–Kier alpha value is -2.85. The second-order valence-electron chi connectivity index (χ2n) is 9.06. The van der Waals surface area contributed by atoms with Gasteiger partial charge < -0.3 is 0 Å². The molecular weight excluding hydrogens is 391 g/mol. The van der Waals surface area contributed by atoms with Gasteiger partial charge >= 0.3 is 0 Å². The first-order chi connectivity index (χ1) is 15.7. The van der Waals surface area contributed by atoms with Crippen LogP contribution in [0.15, 0.2) is 66.7 Å². The molecule has 0 heterocycles. The molecule has 1 fully saturated rings. The fourth-order valence-electron chi connectivity index (χ4n) is 4.95. The van der Waals surface area contributed by atoms with Gasteiger partial charge in [0.25, 0.3) is 0 Å². The smallest absolute Gasteiger partial charge is 0.134 e. The third-order valence-corrected chi connectivity index (χ3v) is 6.97. The summed E-state index contributed by atoms with van der Waals surface area (Å²) < 4.78 is 14.5. The Morgan fingerprint density at radius 1 is 0.906 bits per heavy atom. The second kappa shape index (κ2) is 10.6. The molecule has 4 rings (SSSR count). The molecule has 32 heavy (non-hydrogen) atoms. The Labute approximate surface area is 192 Å². The van der Waals surface area contributed by atoms with E-state index in [2.05, 4.69) is 55.2 Å². The normalized spacial score (nSPS) is 18.6. The highest BCUT2D eigenvalue weighted by Crippen LogP contribution is 2.37. The van der Waals surface area contributed by atoms with Crippen molar-refractivity contribution in [1.29, 1.82) is 0 Å². The topological polar surface area (TPSA) is 0 Å². The second-order valence-corrected chi connectivity index (χ2v) is 9.06. The van der Waals surface area contributed by atoms with Gasteiger partial charge in [0.2, 0.25) is 0 Å². The van der Waals surface area contributed by atoms with Gasteiger partial charge in [0, 0.05) is 16.5 Å². The van der Waals surface area contributed by atoms with E-state index in [1.54, 1.807) is 0 Å². The molecule has 3 aromatic rings. The Kier molecular flexibility index (Phi) is 7.43. The van der Waals surface area contributed by atoms with E-state index in [1.165, 1.54) is 44.1 Å². The van der Waals surface area contributed by atoms with E-state index in [4.69, 9.17) is 0 Å². The summed E-state index contributed by atoms with van der Waals surface area (Å²) in [6.07, 6.45) is 13.0. The third-order valence-electron chi connectivity index (χ3n) is 6.97. The standard InChI is InChI=1S/C31H33F/c1-3-5-6-7-23-10-15-27(16-11-23)28-17-12-24(13-18-28)8-9-25-14-21-30-29(22-25)20-19-26(4-2)31(30)32/h3,5,12-14,17-23,27H,4,6-7,10-11,15-16H2,1-2H3/b5-3+. The minimum absolute atomic E-state index is 0.105. The molecule has 0 nitrogen and oxygen atoms in total. The highest BCUT2D eigenvalue weighted by atomic mass is 19.1. The summed E-state index contributed by atoms with van der Waals surface area (Å²) in [5.41, 5.74) is 4.16. The van der Waals surface area contributed by atoms with Gasteiger partial charge in [-0.05, 0) is 104 Å². The maximum Gasteiger partial charge on any atom is 0.134 e. The van der Waals surface area contributed by atoms with Crippen molar-refractivity contribution in [2.75, 3.05) is 0 Å². The average Bonchev–Trinajstić information content (AvgIpc) is 2.84. The SMILES string of the molecule is C/C=C/CCC1CCC(c2ccc(C#Cc3ccc4c(F)c(CC)ccc4c3)cc2)CC1. The monoisotopic (exact) mass is 424 g/mol. The lowest BCUT2D eigenvalue weighted by molar-refractivity contribution is 0.312. The fourth-order valence-corrected chi connectivity index (χ4v) is 4.95. The predicted molar refractivity (Wildman–Crippen MR) is 134 cm³/mol. The maximum absolute atomic E-state index is 14.5. The molecule has 0 aliphatic heterocycles. The largest absolute Gasteiger partial charge is 0.206 e. The first kappa shape index (κ1) is 22.3. The molecule has 1 aliphatic carbocycles. The molecule has 1 aliphatic rings. The first-order valence-corrected chi connectivity index (χ1v) is 12.1. The van der Waals surface area contributed by atoms with Gasteiger partial charge in [0.05, 0.1) is 0 Å². The molecular formula is C31H33F. The molecule has 0 aromatic heterocycles. The molecule has 0 amide bonds. The Morgan fingerprint density at radius 2 is 1.62 bits per heavy atom. The molecule has 0 atom stereocenters. The lowest BCUT2D eigenvalue weighted by Crippen LogP contribution is -2.13. The number of halogens is 1. The van der Waals surface area contributed by atoms with Crippen LogP contribution in [0.3, 0.4) is 0 Å². The molecule has 0 spiro atoms. The van der Waals surface area contributed by atoms with Crippen LogP contribution in [0.1, 0.15) is 80.5 Å². The quantitative estimate of drug-likeness (QED) is 0.284. The molecule has 1 saturated carbocycles. The Bertz CT molecular complexity index is 1130. The van der Waals surface area contributed by atoms with Crippen LogP contribution < -0.4 is 0 Å². The number of allylic oxidation sites excluding steroid dienone is 2.